The van der Waals surface area contributed by atoms with E-state index in [1.165, 1.54) is 11.3 Å². The van der Waals surface area contributed by atoms with Crippen molar-refractivity contribution in [1.29, 1.82) is 0 Å². The summed E-state index contributed by atoms with van der Waals surface area (Å²) in [6.07, 6.45) is 0.416. The topological polar surface area (TPSA) is 63.3 Å². The van der Waals surface area contributed by atoms with Crippen molar-refractivity contribution in [1.82, 2.24) is 0 Å². The van der Waals surface area contributed by atoms with E-state index in [9.17, 15) is 4.79 Å². The van der Waals surface area contributed by atoms with Gasteiger partial charge in [0, 0.05) is 4.88 Å². The third-order valence-electron chi connectivity index (χ3n) is 2.23. The molecule has 0 amide bonds. The average Bonchev–Trinajstić information content (AvgIpc) is 2.52. The van der Waals surface area contributed by atoms with Gasteiger partial charge < -0.3 is 10.8 Å². The zero-order valence-electron chi connectivity index (χ0n) is 7.79. The minimum absolute atomic E-state index is 0.346. The Morgan fingerprint density at radius 2 is 2.36 bits per heavy atom. The van der Waals surface area contributed by atoms with Crippen molar-refractivity contribution in [3.05, 3.63) is 21.3 Å². The van der Waals surface area contributed by atoms with Crippen LogP contribution in [0.3, 0.4) is 0 Å². The zero-order chi connectivity index (χ0) is 10.8. The lowest BCUT2D eigenvalue weighted by molar-refractivity contribution is -0.143. The molecule has 0 radical (unpaired) electrons. The number of carboxylic acid groups (broad SMARTS) is 1. The number of aliphatic carboxylic acids is 1. The highest BCUT2D eigenvalue weighted by molar-refractivity contribution is 7.16. The Morgan fingerprint density at radius 1 is 1.71 bits per heavy atom. The maximum Gasteiger partial charge on any atom is 0.314 e. The van der Waals surface area contributed by atoms with Gasteiger partial charge in [0.25, 0.3) is 0 Å². The van der Waals surface area contributed by atoms with Gasteiger partial charge in [-0.2, -0.15) is 0 Å². The Bertz CT molecular complexity index is 339. The Labute approximate surface area is 91.5 Å². The second kappa shape index (κ2) is 4.29. The lowest BCUT2D eigenvalue weighted by atomic mass is 9.85. The molecule has 0 saturated heterocycles. The van der Waals surface area contributed by atoms with Crippen LogP contribution in [0.1, 0.15) is 18.2 Å². The fourth-order valence-corrected chi connectivity index (χ4v) is 2.44. The lowest BCUT2D eigenvalue weighted by Crippen LogP contribution is -2.33. The van der Waals surface area contributed by atoms with Crippen LogP contribution in [0.5, 0.6) is 0 Å². The normalized spacial score (nSPS) is 15.1. The van der Waals surface area contributed by atoms with Crippen LogP contribution in [-0.2, 0) is 10.2 Å². The molecule has 0 aliphatic rings. The number of halogens is 1. The maximum absolute atomic E-state index is 11.1. The van der Waals surface area contributed by atoms with Gasteiger partial charge in [-0.25, -0.2) is 0 Å². The monoisotopic (exact) mass is 233 g/mol. The molecule has 0 fully saturated rings. The number of nitrogens with two attached hydrogens (primary N) is 1. The second-order valence-electron chi connectivity index (χ2n) is 3.28. The summed E-state index contributed by atoms with van der Waals surface area (Å²) in [5, 5.41) is 9.13. The summed E-state index contributed by atoms with van der Waals surface area (Å²) in [7, 11) is 0. The molecule has 14 heavy (non-hydrogen) atoms. The van der Waals surface area contributed by atoms with Gasteiger partial charge in [0.15, 0.2) is 0 Å². The fraction of sp³-hybridized carbons (Fsp3) is 0.444. The molecular formula is C9H12ClNO2S. The highest BCUT2D eigenvalue weighted by Crippen LogP contribution is 2.35. The number of carboxylic acids is 1. The second-order valence-corrected chi connectivity index (χ2v) is 4.99. The average molecular weight is 234 g/mol. The Kier molecular flexibility index (Phi) is 3.53. The number of carbonyl (C=O) groups is 1. The van der Waals surface area contributed by atoms with Gasteiger partial charge >= 0.3 is 5.97 Å². The third kappa shape index (κ3) is 2.08. The summed E-state index contributed by atoms with van der Waals surface area (Å²) in [5.74, 6) is -0.860. The van der Waals surface area contributed by atoms with Crippen LogP contribution in [-0.4, -0.2) is 17.6 Å². The molecule has 0 aliphatic heterocycles. The summed E-state index contributed by atoms with van der Waals surface area (Å²) < 4.78 is 0.601. The standard InChI is InChI=1S/C9H12ClNO2S/c1-9(4-5-11,8(12)13)6-2-3-7(10)14-6/h2-3H,4-5,11H2,1H3,(H,12,13). The van der Waals surface area contributed by atoms with E-state index in [1.54, 1.807) is 19.1 Å². The van der Waals surface area contributed by atoms with Gasteiger partial charge in [0.2, 0.25) is 0 Å². The summed E-state index contributed by atoms with van der Waals surface area (Å²) in [5.41, 5.74) is 4.49. The molecular weight excluding hydrogens is 222 g/mol. The summed E-state index contributed by atoms with van der Waals surface area (Å²) >= 11 is 7.06. The molecule has 0 bridgehead atoms. The Morgan fingerprint density at radius 3 is 2.71 bits per heavy atom. The van der Waals surface area contributed by atoms with Crippen molar-refractivity contribution in [3.63, 3.8) is 0 Å². The minimum atomic E-state index is -0.910. The van der Waals surface area contributed by atoms with Crippen molar-refractivity contribution in [2.45, 2.75) is 18.8 Å². The minimum Gasteiger partial charge on any atom is -0.481 e. The van der Waals surface area contributed by atoms with Gasteiger partial charge in [0.1, 0.15) is 5.41 Å². The molecule has 1 heterocycles. The molecule has 1 atom stereocenters. The zero-order valence-corrected chi connectivity index (χ0v) is 9.36. The molecule has 0 spiro atoms. The van der Waals surface area contributed by atoms with E-state index < -0.39 is 11.4 Å². The number of thiophene rings is 1. The van der Waals surface area contributed by atoms with Crippen LogP contribution in [0.15, 0.2) is 12.1 Å². The molecule has 3 nitrogen and oxygen atoms in total. The molecule has 5 heteroatoms. The van der Waals surface area contributed by atoms with Gasteiger partial charge in [-0.3, -0.25) is 4.79 Å². The maximum atomic E-state index is 11.1. The molecule has 1 rings (SSSR count). The first-order valence-corrected chi connectivity index (χ1v) is 5.39. The van der Waals surface area contributed by atoms with E-state index >= 15 is 0 Å². The predicted molar refractivity (Wildman–Crippen MR) is 58.0 cm³/mol. The van der Waals surface area contributed by atoms with Crippen molar-refractivity contribution < 1.29 is 9.90 Å². The van der Waals surface area contributed by atoms with E-state index in [0.29, 0.717) is 17.3 Å². The largest absolute Gasteiger partial charge is 0.481 e. The number of hydrogen-bond donors (Lipinski definition) is 2. The molecule has 1 aromatic heterocycles. The van der Waals surface area contributed by atoms with Crippen LogP contribution in [0.4, 0.5) is 0 Å². The highest BCUT2D eigenvalue weighted by Gasteiger charge is 2.35. The van der Waals surface area contributed by atoms with Crippen LogP contribution in [0.25, 0.3) is 0 Å². The van der Waals surface area contributed by atoms with Crippen molar-refractivity contribution >= 4 is 28.9 Å². The molecule has 1 aromatic rings. The molecule has 0 saturated carbocycles. The lowest BCUT2D eigenvalue weighted by Gasteiger charge is -2.22. The van der Waals surface area contributed by atoms with Crippen molar-refractivity contribution in [2.24, 2.45) is 5.73 Å². The first kappa shape index (κ1) is 11.5. The molecule has 0 aromatic carbocycles. The van der Waals surface area contributed by atoms with Crippen molar-refractivity contribution in [2.75, 3.05) is 6.54 Å². The smallest absolute Gasteiger partial charge is 0.314 e. The Balaban J connectivity index is 3.05. The Hall–Kier alpha value is -0.580. The SMILES string of the molecule is CC(CCN)(C(=O)O)c1ccc(Cl)s1. The van der Waals surface area contributed by atoms with Crippen molar-refractivity contribution in [3.8, 4) is 0 Å². The van der Waals surface area contributed by atoms with Gasteiger partial charge in [-0.1, -0.05) is 11.6 Å². The van der Waals surface area contributed by atoms with E-state index in [1.807, 2.05) is 0 Å². The number of rotatable bonds is 4. The molecule has 1 unspecified atom stereocenters. The first-order valence-electron chi connectivity index (χ1n) is 4.20. The van der Waals surface area contributed by atoms with Gasteiger partial charge in [-0.05, 0) is 32.0 Å². The van der Waals surface area contributed by atoms with E-state index in [-0.39, 0.29) is 0 Å². The van der Waals surface area contributed by atoms with Crippen LogP contribution in [0.2, 0.25) is 4.34 Å². The summed E-state index contributed by atoms with van der Waals surface area (Å²) in [6.45, 7) is 2.02. The van der Waals surface area contributed by atoms with Crippen LogP contribution >= 0.6 is 22.9 Å². The van der Waals surface area contributed by atoms with E-state index in [2.05, 4.69) is 0 Å². The quantitative estimate of drug-likeness (QED) is 0.837. The van der Waals surface area contributed by atoms with Gasteiger partial charge in [0.05, 0.1) is 4.34 Å². The fourth-order valence-electron chi connectivity index (χ4n) is 1.24. The summed E-state index contributed by atoms with van der Waals surface area (Å²) in [4.78, 5) is 11.9. The summed E-state index contributed by atoms with van der Waals surface area (Å²) in [6, 6.07) is 3.45. The predicted octanol–water partition coefficient (Wildman–Crippen LogP) is 2.09. The molecule has 78 valence electrons. The van der Waals surface area contributed by atoms with Crippen LogP contribution in [0, 0.1) is 0 Å². The third-order valence-corrected chi connectivity index (χ3v) is 3.73. The first-order chi connectivity index (χ1) is 6.50. The molecule has 3 N–H and O–H groups in total. The molecule has 0 aliphatic carbocycles. The number of hydrogen-bond acceptors (Lipinski definition) is 3. The van der Waals surface area contributed by atoms with Gasteiger partial charge in [-0.15, -0.1) is 11.3 Å². The highest BCUT2D eigenvalue weighted by atomic mass is 35.5. The van der Waals surface area contributed by atoms with Crippen LogP contribution < -0.4 is 5.73 Å². The van der Waals surface area contributed by atoms with E-state index in [4.69, 9.17) is 22.4 Å². The van der Waals surface area contributed by atoms with E-state index in [0.717, 1.165) is 4.88 Å².